The van der Waals surface area contributed by atoms with E-state index in [0.29, 0.717) is 10.9 Å². The molecule has 0 aromatic carbocycles. The van der Waals surface area contributed by atoms with Gasteiger partial charge in [0.1, 0.15) is 0 Å². The van der Waals surface area contributed by atoms with Crippen LogP contribution in [-0.2, 0) is 4.74 Å². The molecule has 1 rings (SSSR count). The fourth-order valence-electron chi connectivity index (χ4n) is 1.69. The summed E-state index contributed by atoms with van der Waals surface area (Å²) in [6, 6.07) is 0. The molecule has 78 valence electrons. The van der Waals surface area contributed by atoms with Crippen molar-refractivity contribution < 1.29 is 4.74 Å². The van der Waals surface area contributed by atoms with Crippen molar-refractivity contribution in [2.24, 2.45) is 5.92 Å². The number of hydrogen-bond donors (Lipinski definition) is 0. The summed E-state index contributed by atoms with van der Waals surface area (Å²) in [5.74, 6) is 0.814. The van der Waals surface area contributed by atoms with E-state index < -0.39 is 0 Å². The van der Waals surface area contributed by atoms with Crippen LogP contribution in [0.25, 0.3) is 0 Å². The van der Waals surface area contributed by atoms with E-state index in [1.807, 2.05) is 0 Å². The highest BCUT2D eigenvalue weighted by atomic mass is 79.9. The third-order valence-electron chi connectivity index (χ3n) is 2.87. The number of piperidine rings is 1. The Balaban J connectivity index is 2.29. The summed E-state index contributed by atoms with van der Waals surface area (Å²) in [4.78, 5) is 3.14. The van der Waals surface area contributed by atoms with E-state index in [1.54, 1.807) is 7.11 Å². The summed E-state index contributed by atoms with van der Waals surface area (Å²) in [5, 5.41) is 0. The Kier molecular flexibility index (Phi) is 4.70. The average Bonchev–Trinajstić information content (AvgIpc) is 2.11. The Hall–Kier alpha value is 0.400. The van der Waals surface area contributed by atoms with Crippen LogP contribution in [0.15, 0.2) is 0 Å². The molecule has 0 saturated carbocycles. The zero-order valence-corrected chi connectivity index (χ0v) is 10.4. The summed E-state index contributed by atoms with van der Waals surface area (Å²) in [5.41, 5.74) is 0. The second-order valence-corrected chi connectivity index (χ2v) is 5.26. The molecule has 1 saturated heterocycles. The van der Waals surface area contributed by atoms with Crippen LogP contribution in [0.3, 0.4) is 0 Å². The fraction of sp³-hybridized carbons (Fsp3) is 1.00. The van der Waals surface area contributed by atoms with Crippen LogP contribution in [0.1, 0.15) is 20.3 Å². The maximum Gasteiger partial charge on any atom is 0.0670 e. The fourth-order valence-corrected chi connectivity index (χ4v) is 2.36. The zero-order valence-electron chi connectivity index (χ0n) is 8.79. The molecule has 3 atom stereocenters. The molecule has 0 N–H and O–H groups in total. The van der Waals surface area contributed by atoms with Gasteiger partial charge in [-0.3, -0.25) is 4.90 Å². The molecular formula is C10H20BrNO. The van der Waals surface area contributed by atoms with E-state index in [9.17, 15) is 0 Å². The van der Waals surface area contributed by atoms with Gasteiger partial charge in [0.25, 0.3) is 0 Å². The Morgan fingerprint density at radius 2 is 2.31 bits per heavy atom. The topological polar surface area (TPSA) is 12.5 Å². The SMILES string of the molecule is COC(C)CN1CCC(C)C(Br)C1. The first kappa shape index (κ1) is 11.5. The van der Waals surface area contributed by atoms with Crippen molar-refractivity contribution in [3.63, 3.8) is 0 Å². The molecule has 0 radical (unpaired) electrons. The largest absolute Gasteiger partial charge is 0.380 e. The third kappa shape index (κ3) is 3.56. The second-order valence-electron chi connectivity index (χ2n) is 4.09. The summed E-state index contributed by atoms with van der Waals surface area (Å²) in [7, 11) is 1.78. The average molecular weight is 250 g/mol. The first-order chi connectivity index (χ1) is 6.13. The van der Waals surface area contributed by atoms with E-state index in [2.05, 4.69) is 34.7 Å². The molecule has 1 aliphatic heterocycles. The first-order valence-electron chi connectivity index (χ1n) is 5.02. The Labute approximate surface area is 89.8 Å². The molecule has 3 unspecified atom stereocenters. The summed E-state index contributed by atoms with van der Waals surface area (Å²) >= 11 is 3.72. The molecule has 3 heteroatoms. The lowest BCUT2D eigenvalue weighted by Gasteiger charge is -2.35. The molecule has 0 aliphatic carbocycles. The van der Waals surface area contributed by atoms with Gasteiger partial charge in [-0.2, -0.15) is 0 Å². The third-order valence-corrected chi connectivity index (χ3v) is 4.06. The number of methoxy groups -OCH3 is 1. The Morgan fingerprint density at radius 1 is 1.62 bits per heavy atom. The number of likely N-dealkylation sites (tertiary alicyclic amines) is 1. The second kappa shape index (κ2) is 5.32. The number of rotatable bonds is 3. The first-order valence-corrected chi connectivity index (χ1v) is 5.94. The summed E-state index contributed by atoms with van der Waals surface area (Å²) < 4.78 is 5.26. The minimum Gasteiger partial charge on any atom is -0.380 e. The molecule has 0 spiro atoms. The molecule has 0 aromatic rings. The van der Waals surface area contributed by atoms with Gasteiger partial charge < -0.3 is 4.74 Å². The number of hydrogen-bond acceptors (Lipinski definition) is 2. The van der Waals surface area contributed by atoms with Gasteiger partial charge in [-0.15, -0.1) is 0 Å². The van der Waals surface area contributed by atoms with Gasteiger partial charge in [-0.25, -0.2) is 0 Å². The van der Waals surface area contributed by atoms with E-state index in [1.165, 1.54) is 13.0 Å². The maximum atomic E-state index is 5.26. The maximum absolute atomic E-state index is 5.26. The van der Waals surface area contributed by atoms with Crippen molar-refractivity contribution in [1.82, 2.24) is 4.90 Å². The van der Waals surface area contributed by atoms with Crippen LogP contribution in [0.5, 0.6) is 0 Å². The lowest BCUT2D eigenvalue weighted by Crippen LogP contribution is -2.43. The number of ether oxygens (including phenoxy) is 1. The van der Waals surface area contributed by atoms with E-state index >= 15 is 0 Å². The smallest absolute Gasteiger partial charge is 0.0670 e. The van der Waals surface area contributed by atoms with Crippen LogP contribution in [-0.4, -0.2) is 42.6 Å². The van der Waals surface area contributed by atoms with Crippen molar-refractivity contribution >= 4 is 15.9 Å². The highest BCUT2D eigenvalue weighted by molar-refractivity contribution is 9.09. The van der Waals surface area contributed by atoms with Crippen molar-refractivity contribution in [1.29, 1.82) is 0 Å². The monoisotopic (exact) mass is 249 g/mol. The molecule has 0 bridgehead atoms. The number of nitrogens with zero attached hydrogens (tertiary/aromatic N) is 1. The standard InChI is InChI=1S/C10H20BrNO/c1-8-4-5-12(7-10(8)11)6-9(2)13-3/h8-10H,4-7H2,1-3H3. The number of alkyl halides is 1. The van der Waals surface area contributed by atoms with E-state index in [-0.39, 0.29) is 0 Å². The van der Waals surface area contributed by atoms with Gasteiger partial charge in [-0.05, 0) is 25.8 Å². The molecule has 0 amide bonds. The van der Waals surface area contributed by atoms with Gasteiger partial charge in [0.15, 0.2) is 0 Å². The van der Waals surface area contributed by atoms with Crippen LogP contribution in [0, 0.1) is 5.92 Å². The highest BCUT2D eigenvalue weighted by Gasteiger charge is 2.24. The predicted octanol–water partition coefficient (Wildman–Crippen LogP) is 2.13. The van der Waals surface area contributed by atoms with Crippen LogP contribution < -0.4 is 0 Å². The molecule has 13 heavy (non-hydrogen) atoms. The Morgan fingerprint density at radius 3 is 2.85 bits per heavy atom. The molecule has 1 aliphatic rings. The van der Waals surface area contributed by atoms with Crippen LogP contribution >= 0.6 is 15.9 Å². The van der Waals surface area contributed by atoms with Gasteiger partial charge >= 0.3 is 0 Å². The molecule has 0 aromatic heterocycles. The molecule has 2 nitrogen and oxygen atoms in total. The quantitative estimate of drug-likeness (QED) is 0.711. The molecule has 1 heterocycles. The predicted molar refractivity (Wildman–Crippen MR) is 59.4 cm³/mol. The van der Waals surface area contributed by atoms with Gasteiger partial charge in [-0.1, -0.05) is 22.9 Å². The van der Waals surface area contributed by atoms with Crippen LogP contribution in [0.4, 0.5) is 0 Å². The lowest BCUT2D eigenvalue weighted by molar-refractivity contribution is 0.0659. The van der Waals surface area contributed by atoms with Crippen molar-refractivity contribution in [2.45, 2.75) is 31.2 Å². The highest BCUT2D eigenvalue weighted by Crippen LogP contribution is 2.23. The minimum atomic E-state index is 0.355. The normalized spacial score (nSPS) is 33.2. The minimum absolute atomic E-state index is 0.355. The van der Waals surface area contributed by atoms with Crippen molar-refractivity contribution in [2.75, 3.05) is 26.7 Å². The number of halogens is 1. The van der Waals surface area contributed by atoms with Gasteiger partial charge in [0.05, 0.1) is 6.10 Å². The van der Waals surface area contributed by atoms with Gasteiger partial charge in [0, 0.05) is 25.0 Å². The van der Waals surface area contributed by atoms with Crippen molar-refractivity contribution in [3.8, 4) is 0 Å². The molecular weight excluding hydrogens is 230 g/mol. The van der Waals surface area contributed by atoms with Crippen molar-refractivity contribution in [3.05, 3.63) is 0 Å². The van der Waals surface area contributed by atoms with Crippen LogP contribution in [0.2, 0.25) is 0 Å². The van der Waals surface area contributed by atoms with E-state index in [0.717, 1.165) is 19.0 Å². The molecule has 1 fully saturated rings. The lowest BCUT2D eigenvalue weighted by atomic mass is 9.99. The summed E-state index contributed by atoms with van der Waals surface area (Å²) in [6.45, 7) is 7.88. The van der Waals surface area contributed by atoms with Gasteiger partial charge in [0.2, 0.25) is 0 Å². The Bertz CT molecular complexity index is 152. The zero-order chi connectivity index (χ0) is 9.84. The van der Waals surface area contributed by atoms with E-state index in [4.69, 9.17) is 4.74 Å². The summed E-state index contributed by atoms with van der Waals surface area (Å²) in [6.07, 6.45) is 1.65.